The van der Waals surface area contributed by atoms with Crippen molar-refractivity contribution in [3.63, 3.8) is 0 Å². The van der Waals surface area contributed by atoms with Gasteiger partial charge in [-0.3, -0.25) is 4.79 Å². The van der Waals surface area contributed by atoms with Crippen LogP contribution in [-0.4, -0.2) is 15.7 Å². The summed E-state index contributed by atoms with van der Waals surface area (Å²) in [6.45, 7) is 5.56. The molecule has 0 fully saturated rings. The fourth-order valence-electron chi connectivity index (χ4n) is 3.07. The van der Waals surface area contributed by atoms with Crippen LogP contribution in [0.15, 0.2) is 59.1 Å². The largest absolute Gasteiger partial charge is 0.345 e. The number of benzene rings is 2. The van der Waals surface area contributed by atoms with Crippen LogP contribution < -0.4 is 5.32 Å². The summed E-state index contributed by atoms with van der Waals surface area (Å²) in [7, 11) is 0. The van der Waals surface area contributed by atoms with Crippen LogP contribution in [0.1, 0.15) is 35.5 Å². The monoisotopic (exact) mass is 397 g/mol. The molecule has 0 saturated heterocycles. The van der Waals surface area contributed by atoms with Gasteiger partial charge in [0.2, 0.25) is 5.91 Å². The molecule has 1 heterocycles. The van der Waals surface area contributed by atoms with E-state index in [1.54, 1.807) is 0 Å². The Hall–Kier alpha value is -2.40. The number of halogens is 1. The van der Waals surface area contributed by atoms with E-state index in [0.29, 0.717) is 0 Å². The number of para-hydroxylation sites is 1. The number of hydrogen-bond donors (Lipinski definition) is 1. The number of amides is 1. The van der Waals surface area contributed by atoms with Crippen LogP contribution in [-0.2, 0) is 4.79 Å². The Morgan fingerprint density at radius 1 is 1.08 bits per heavy atom. The first-order chi connectivity index (χ1) is 12.0. The summed E-state index contributed by atoms with van der Waals surface area (Å²) in [6, 6.07) is 17.8. The van der Waals surface area contributed by atoms with E-state index >= 15 is 0 Å². The minimum atomic E-state index is -0.233. The van der Waals surface area contributed by atoms with Crippen molar-refractivity contribution in [2.45, 2.75) is 26.8 Å². The van der Waals surface area contributed by atoms with E-state index in [9.17, 15) is 4.79 Å². The lowest BCUT2D eigenvalue weighted by atomic mass is 9.97. The van der Waals surface area contributed by atoms with E-state index in [1.165, 1.54) is 6.92 Å². The Bertz CT molecular complexity index is 885. The Balaban J connectivity index is 2.12. The van der Waals surface area contributed by atoms with E-state index in [2.05, 4.69) is 21.2 Å². The Morgan fingerprint density at radius 3 is 2.32 bits per heavy atom. The Labute approximate surface area is 156 Å². The number of aryl methyl sites for hydroxylation is 1. The zero-order chi connectivity index (χ0) is 18.0. The molecule has 0 bridgehead atoms. The second-order valence-electron chi connectivity index (χ2n) is 6.02. The molecule has 0 aliphatic rings. The number of aromatic nitrogens is 2. The molecular weight excluding hydrogens is 378 g/mol. The van der Waals surface area contributed by atoms with E-state index in [1.807, 2.05) is 73.1 Å². The molecule has 1 unspecified atom stereocenters. The third kappa shape index (κ3) is 3.66. The molecule has 1 amide bonds. The lowest BCUT2D eigenvalue weighted by Gasteiger charge is -2.19. The lowest BCUT2D eigenvalue weighted by Crippen LogP contribution is -2.27. The van der Waals surface area contributed by atoms with Gasteiger partial charge >= 0.3 is 0 Å². The molecule has 1 atom stereocenters. The van der Waals surface area contributed by atoms with Crippen molar-refractivity contribution in [2.24, 2.45) is 0 Å². The molecule has 25 heavy (non-hydrogen) atoms. The van der Waals surface area contributed by atoms with Gasteiger partial charge in [-0.15, -0.1) is 0 Å². The third-order valence-corrected chi connectivity index (χ3v) is 4.72. The summed E-state index contributed by atoms with van der Waals surface area (Å²) in [5.74, 6) is -0.0702. The van der Waals surface area contributed by atoms with E-state index < -0.39 is 0 Å². The first-order valence-electron chi connectivity index (χ1n) is 8.11. The van der Waals surface area contributed by atoms with Crippen molar-refractivity contribution in [2.75, 3.05) is 0 Å². The molecule has 0 spiro atoms. The molecule has 0 aliphatic heterocycles. The molecule has 5 heteroatoms. The van der Waals surface area contributed by atoms with Gasteiger partial charge in [0.15, 0.2) is 0 Å². The predicted octanol–water partition coefficient (Wildman–Crippen LogP) is 4.48. The minimum absolute atomic E-state index is 0.0702. The molecule has 0 radical (unpaired) electrons. The highest BCUT2D eigenvalue weighted by Crippen LogP contribution is 2.30. The summed E-state index contributed by atoms with van der Waals surface area (Å²) in [4.78, 5) is 11.8. The van der Waals surface area contributed by atoms with Crippen LogP contribution in [0, 0.1) is 13.8 Å². The molecule has 2 aromatic carbocycles. The van der Waals surface area contributed by atoms with Crippen LogP contribution in [0.3, 0.4) is 0 Å². The second-order valence-corrected chi connectivity index (χ2v) is 6.93. The van der Waals surface area contributed by atoms with Gasteiger partial charge < -0.3 is 5.32 Å². The average Bonchev–Trinajstić information content (AvgIpc) is 2.89. The molecule has 0 saturated carbocycles. The molecular formula is C20H20BrN3O. The zero-order valence-electron chi connectivity index (χ0n) is 14.5. The lowest BCUT2D eigenvalue weighted by molar-refractivity contribution is -0.119. The molecule has 3 aromatic rings. The van der Waals surface area contributed by atoms with Crippen molar-refractivity contribution < 1.29 is 4.79 Å². The van der Waals surface area contributed by atoms with Crippen molar-refractivity contribution in [3.05, 3.63) is 81.6 Å². The number of rotatable bonds is 4. The molecule has 1 aromatic heterocycles. The standard InChI is InChI=1S/C20H20BrN3O/c1-13-19(14(2)24(23-13)18-7-5-4-6-8-18)20(22-15(3)25)16-9-11-17(21)12-10-16/h4-12,20H,1-3H3,(H,22,25). The topological polar surface area (TPSA) is 46.9 Å². The Kier molecular flexibility index (Phi) is 5.04. The number of hydrogen-bond acceptors (Lipinski definition) is 2. The van der Waals surface area contributed by atoms with Crippen LogP contribution >= 0.6 is 15.9 Å². The van der Waals surface area contributed by atoms with Crippen LogP contribution in [0.2, 0.25) is 0 Å². The van der Waals surface area contributed by atoms with Crippen LogP contribution in [0.25, 0.3) is 5.69 Å². The highest BCUT2D eigenvalue weighted by molar-refractivity contribution is 9.10. The highest BCUT2D eigenvalue weighted by atomic mass is 79.9. The maximum Gasteiger partial charge on any atom is 0.217 e. The van der Waals surface area contributed by atoms with Crippen LogP contribution in [0.5, 0.6) is 0 Å². The maximum absolute atomic E-state index is 11.8. The first kappa shape index (κ1) is 17.4. The fraction of sp³-hybridized carbons (Fsp3) is 0.200. The molecule has 3 rings (SSSR count). The summed E-state index contributed by atoms with van der Waals surface area (Å²) in [6.07, 6.45) is 0. The number of carbonyl (C=O) groups excluding carboxylic acids is 1. The van der Waals surface area contributed by atoms with Gasteiger partial charge in [0.05, 0.1) is 17.4 Å². The SMILES string of the molecule is CC(=O)NC(c1ccc(Br)cc1)c1c(C)nn(-c2ccccc2)c1C. The maximum atomic E-state index is 11.8. The van der Waals surface area contributed by atoms with E-state index in [-0.39, 0.29) is 11.9 Å². The van der Waals surface area contributed by atoms with Crippen LogP contribution in [0.4, 0.5) is 0 Å². The molecule has 1 N–H and O–H groups in total. The number of carbonyl (C=O) groups is 1. The smallest absolute Gasteiger partial charge is 0.217 e. The molecule has 0 aliphatic carbocycles. The van der Waals surface area contributed by atoms with Gasteiger partial charge in [-0.25, -0.2) is 4.68 Å². The first-order valence-corrected chi connectivity index (χ1v) is 8.91. The summed E-state index contributed by atoms with van der Waals surface area (Å²) in [5.41, 5.74) is 4.98. The predicted molar refractivity (Wildman–Crippen MR) is 103 cm³/mol. The Morgan fingerprint density at radius 2 is 1.72 bits per heavy atom. The second kappa shape index (κ2) is 7.23. The number of nitrogens with zero attached hydrogens (tertiary/aromatic N) is 2. The normalized spacial score (nSPS) is 12.0. The zero-order valence-corrected chi connectivity index (χ0v) is 16.0. The van der Waals surface area contributed by atoms with Gasteiger partial charge in [0.25, 0.3) is 0 Å². The van der Waals surface area contributed by atoms with E-state index in [4.69, 9.17) is 5.10 Å². The molecule has 4 nitrogen and oxygen atoms in total. The highest BCUT2D eigenvalue weighted by Gasteiger charge is 2.24. The van der Waals surface area contributed by atoms with Crippen molar-refractivity contribution in [1.82, 2.24) is 15.1 Å². The minimum Gasteiger partial charge on any atom is -0.345 e. The van der Waals surface area contributed by atoms with Gasteiger partial charge in [0.1, 0.15) is 0 Å². The summed E-state index contributed by atoms with van der Waals surface area (Å²) in [5, 5.41) is 7.78. The van der Waals surface area contributed by atoms with Gasteiger partial charge in [0, 0.05) is 22.7 Å². The molecule has 128 valence electrons. The number of nitrogens with one attached hydrogen (secondary N) is 1. The quantitative estimate of drug-likeness (QED) is 0.705. The van der Waals surface area contributed by atoms with E-state index in [0.717, 1.165) is 32.7 Å². The summed E-state index contributed by atoms with van der Waals surface area (Å²) >= 11 is 3.46. The van der Waals surface area contributed by atoms with Gasteiger partial charge in [-0.05, 0) is 43.7 Å². The van der Waals surface area contributed by atoms with Crippen molar-refractivity contribution in [1.29, 1.82) is 0 Å². The van der Waals surface area contributed by atoms with Crippen molar-refractivity contribution in [3.8, 4) is 5.69 Å². The van der Waals surface area contributed by atoms with Gasteiger partial charge in [-0.2, -0.15) is 5.10 Å². The average molecular weight is 398 g/mol. The fourth-order valence-corrected chi connectivity index (χ4v) is 3.34. The van der Waals surface area contributed by atoms with Crippen molar-refractivity contribution >= 4 is 21.8 Å². The third-order valence-electron chi connectivity index (χ3n) is 4.19. The van der Waals surface area contributed by atoms with Gasteiger partial charge in [-0.1, -0.05) is 46.3 Å². The summed E-state index contributed by atoms with van der Waals surface area (Å²) < 4.78 is 2.93.